The maximum absolute atomic E-state index is 11.9. The molecule has 1 N–H and O–H groups in total. The molecule has 1 heterocycles. The van der Waals surface area contributed by atoms with Crippen LogP contribution in [0.2, 0.25) is 0 Å². The number of hydrogen-bond acceptors (Lipinski definition) is 6. The lowest BCUT2D eigenvalue weighted by Crippen LogP contribution is -2.58. The molecule has 0 spiro atoms. The van der Waals surface area contributed by atoms with E-state index in [0.717, 1.165) is 0 Å². The van der Waals surface area contributed by atoms with Gasteiger partial charge in [0.15, 0.2) is 0 Å². The molecule has 0 radical (unpaired) electrons. The number of piperidine rings is 1. The van der Waals surface area contributed by atoms with Crippen molar-refractivity contribution in [3.8, 4) is 12.1 Å². The SMILES string of the molecule is CC1(c2ccccc2[N+](=O)[O-])C(C#N)C(=O)NC(=O)C1C#N. The second-order valence-corrected chi connectivity index (χ2v) is 5.03. The lowest BCUT2D eigenvalue weighted by Gasteiger charge is -2.39. The van der Waals surface area contributed by atoms with Gasteiger partial charge in [0.25, 0.3) is 5.69 Å². The third-order valence-electron chi connectivity index (χ3n) is 3.91. The van der Waals surface area contributed by atoms with Crippen molar-refractivity contribution < 1.29 is 14.5 Å². The van der Waals surface area contributed by atoms with Gasteiger partial charge in [0.2, 0.25) is 11.8 Å². The summed E-state index contributed by atoms with van der Waals surface area (Å²) in [5, 5.41) is 31.7. The van der Waals surface area contributed by atoms with E-state index in [-0.39, 0.29) is 11.3 Å². The van der Waals surface area contributed by atoms with Crippen molar-refractivity contribution in [2.45, 2.75) is 12.3 Å². The van der Waals surface area contributed by atoms with Gasteiger partial charge < -0.3 is 0 Å². The van der Waals surface area contributed by atoms with E-state index >= 15 is 0 Å². The molecule has 1 aromatic rings. The molecule has 0 saturated carbocycles. The van der Waals surface area contributed by atoms with Gasteiger partial charge in [-0.3, -0.25) is 25.0 Å². The summed E-state index contributed by atoms with van der Waals surface area (Å²) in [6.07, 6.45) is 0. The minimum absolute atomic E-state index is 0.0151. The fraction of sp³-hybridized carbons (Fsp3) is 0.286. The van der Waals surface area contributed by atoms with Gasteiger partial charge in [-0.2, -0.15) is 10.5 Å². The Bertz CT molecular complexity index is 727. The Hall–Kier alpha value is -3.26. The molecule has 1 saturated heterocycles. The van der Waals surface area contributed by atoms with Crippen LogP contribution in [0.4, 0.5) is 5.69 Å². The molecule has 0 aromatic heterocycles. The molecule has 22 heavy (non-hydrogen) atoms. The first-order valence-corrected chi connectivity index (χ1v) is 6.25. The molecule has 8 heteroatoms. The van der Waals surface area contributed by atoms with E-state index in [4.69, 9.17) is 0 Å². The summed E-state index contributed by atoms with van der Waals surface area (Å²) >= 11 is 0. The van der Waals surface area contributed by atoms with E-state index in [0.29, 0.717) is 0 Å². The summed E-state index contributed by atoms with van der Waals surface area (Å²) in [5.41, 5.74) is -1.93. The van der Waals surface area contributed by atoms with Crippen molar-refractivity contribution >= 4 is 17.5 Å². The average molecular weight is 298 g/mol. The van der Waals surface area contributed by atoms with Crippen LogP contribution >= 0.6 is 0 Å². The maximum atomic E-state index is 11.9. The van der Waals surface area contributed by atoms with Crippen LogP contribution < -0.4 is 5.32 Å². The minimum atomic E-state index is -1.60. The summed E-state index contributed by atoms with van der Waals surface area (Å²) in [7, 11) is 0. The van der Waals surface area contributed by atoms with Gasteiger partial charge in [-0.05, 0) is 0 Å². The Morgan fingerprint density at radius 2 is 1.68 bits per heavy atom. The number of amides is 2. The number of nitrogens with zero attached hydrogens (tertiary/aromatic N) is 3. The van der Waals surface area contributed by atoms with Crippen LogP contribution in [0.1, 0.15) is 12.5 Å². The number of hydrogen-bond donors (Lipinski definition) is 1. The van der Waals surface area contributed by atoms with Gasteiger partial charge in [0.05, 0.1) is 17.1 Å². The number of rotatable bonds is 2. The zero-order chi connectivity index (χ0) is 16.5. The van der Waals surface area contributed by atoms with E-state index in [9.17, 15) is 30.2 Å². The number of nitro benzene ring substituents is 1. The van der Waals surface area contributed by atoms with E-state index in [1.807, 2.05) is 5.32 Å². The van der Waals surface area contributed by atoms with Gasteiger partial charge >= 0.3 is 0 Å². The first kappa shape index (κ1) is 15.1. The first-order chi connectivity index (χ1) is 10.4. The zero-order valence-corrected chi connectivity index (χ0v) is 11.4. The summed E-state index contributed by atoms with van der Waals surface area (Å²) in [4.78, 5) is 34.4. The molecule has 0 aliphatic carbocycles. The molecular weight excluding hydrogens is 288 g/mol. The van der Waals surface area contributed by atoms with Gasteiger partial charge in [-0.25, -0.2) is 0 Å². The van der Waals surface area contributed by atoms with Crippen molar-refractivity contribution in [1.82, 2.24) is 5.32 Å². The van der Waals surface area contributed by atoms with Gasteiger partial charge in [-0.1, -0.05) is 25.1 Å². The predicted molar refractivity (Wildman–Crippen MR) is 71.8 cm³/mol. The molecule has 0 bridgehead atoms. The summed E-state index contributed by atoms with van der Waals surface area (Å²) < 4.78 is 0. The van der Waals surface area contributed by atoms with E-state index in [2.05, 4.69) is 0 Å². The van der Waals surface area contributed by atoms with Gasteiger partial charge in [0.1, 0.15) is 11.8 Å². The van der Waals surface area contributed by atoms with Gasteiger partial charge in [-0.15, -0.1) is 0 Å². The van der Waals surface area contributed by atoms with Crippen LogP contribution in [0.25, 0.3) is 0 Å². The molecular formula is C14H10N4O4. The standard InChI is InChI=1S/C14H10N4O4/c1-14(8-4-2-3-5-11(8)18(21)22)9(6-15)12(19)17-13(20)10(14)7-16/h2-5,9-10H,1H3,(H,17,19,20). The highest BCUT2D eigenvalue weighted by Crippen LogP contribution is 2.45. The smallest absolute Gasteiger partial charge is 0.273 e. The summed E-state index contributed by atoms with van der Waals surface area (Å²) in [6, 6.07) is 9.00. The van der Waals surface area contributed by atoms with E-state index < -0.39 is 34.0 Å². The molecule has 2 atom stereocenters. The normalized spacial score (nSPS) is 27.4. The van der Waals surface area contributed by atoms with Crippen LogP contribution in [0, 0.1) is 44.6 Å². The largest absolute Gasteiger partial charge is 0.294 e. The minimum Gasteiger partial charge on any atom is -0.294 e. The van der Waals surface area contributed by atoms with Gasteiger partial charge in [0, 0.05) is 17.0 Å². The van der Waals surface area contributed by atoms with Crippen LogP contribution in [-0.4, -0.2) is 16.7 Å². The molecule has 1 aromatic carbocycles. The number of nitriles is 2. The Morgan fingerprint density at radius 3 is 2.14 bits per heavy atom. The first-order valence-electron chi connectivity index (χ1n) is 6.25. The monoisotopic (exact) mass is 298 g/mol. The van der Waals surface area contributed by atoms with Crippen molar-refractivity contribution in [3.63, 3.8) is 0 Å². The Labute approximate surface area is 125 Å². The number of nitrogens with one attached hydrogen (secondary N) is 1. The van der Waals surface area contributed by atoms with E-state index in [1.54, 1.807) is 12.1 Å². The number of para-hydroxylation sites is 1. The number of benzene rings is 1. The van der Waals surface area contributed by atoms with Crippen molar-refractivity contribution in [3.05, 3.63) is 39.9 Å². The average Bonchev–Trinajstić information content (AvgIpc) is 2.47. The molecule has 1 fully saturated rings. The number of imide groups is 1. The summed E-state index contributed by atoms with van der Waals surface area (Å²) in [5.74, 6) is -4.51. The molecule has 8 nitrogen and oxygen atoms in total. The van der Waals surface area contributed by atoms with Crippen LogP contribution in [0.3, 0.4) is 0 Å². The quantitative estimate of drug-likeness (QED) is 0.486. The maximum Gasteiger partial charge on any atom is 0.273 e. The third kappa shape index (κ3) is 1.98. The molecule has 2 unspecified atom stereocenters. The highest BCUT2D eigenvalue weighted by atomic mass is 16.6. The lowest BCUT2D eigenvalue weighted by molar-refractivity contribution is -0.386. The fourth-order valence-electron chi connectivity index (χ4n) is 2.76. The molecule has 1 aliphatic rings. The fourth-order valence-corrected chi connectivity index (χ4v) is 2.76. The Morgan fingerprint density at radius 1 is 1.18 bits per heavy atom. The van der Waals surface area contributed by atoms with Crippen LogP contribution in [-0.2, 0) is 15.0 Å². The zero-order valence-electron chi connectivity index (χ0n) is 11.4. The van der Waals surface area contributed by atoms with Crippen molar-refractivity contribution in [2.24, 2.45) is 11.8 Å². The van der Waals surface area contributed by atoms with E-state index in [1.165, 1.54) is 31.2 Å². The lowest BCUT2D eigenvalue weighted by atomic mass is 9.61. The molecule has 110 valence electrons. The molecule has 2 rings (SSSR count). The number of nitro groups is 1. The highest BCUT2D eigenvalue weighted by molar-refractivity contribution is 6.04. The predicted octanol–water partition coefficient (Wildman–Crippen LogP) is 0.788. The van der Waals surface area contributed by atoms with Crippen molar-refractivity contribution in [2.75, 3.05) is 0 Å². The molecule has 2 amide bonds. The Kier molecular flexibility index (Phi) is 3.62. The van der Waals surface area contributed by atoms with Crippen molar-refractivity contribution in [1.29, 1.82) is 10.5 Å². The topological polar surface area (TPSA) is 137 Å². The van der Waals surface area contributed by atoms with Crippen LogP contribution in [0.5, 0.6) is 0 Å². The number of carbonyl (C=O) groups is 2. The number of carbonyl (C=O) groups excluding carboxylic acids is 2. The second-order valence-electron chi connectivity index (χ2n) is 5.03. The van der Waals surface area contributed by atoms with Crippen LogP contribution in [0.15, 0.2) is 24.3 Å². The third-order valence-corrected chi connectivity index (χ3v) is 3.91. The molecule has 1 aliphatic heterocycles. The Balaban J connectivity index is 2.79. The summed E-state index contributed by atoms with van der Waals surface area (Å²) in [6.45, 7) is 1.35. The second kappa shape index (κ2) is 5.26. The highest BCUT2D eigenvalue weighted by Gasteiger charge is 2.56.